The molecule has 0 aliphatic rings. The van der Waals surface area contributed by atoms with Crippen LogP contribution < -0.4 is 10.5 Å². The van der Waals surface area contributed by atoms with Gasteiger partial charge in [-0.2, -0.15) is 0 Å². The number of hydrogen-bond donors (Lipinski definition) is 2. The third-order valence-electron chi connectivity index (χ3n) is 4.40. The first-order valence-corrected chi connectivity index (χ1v) is 10.1. The fraction of sp³-hybridized carbons (Fsp3) is 0.350. The Kier molecular flexibility index (Phi) is 6.21. The highest BCUT2D eigenvalue weighted by molar-refractivity contribution is 7.89. The Balaban J connectivity index is 2.37. The first kappa shape index (κ1) is 20.1. The molecule has 1 atom stereocenters. The summed E-state index contributed by atoms with van der Waals surface area (Å²) in [6.45, 7) is 7.64. The van der Waals surface area contributed by atoms with E-state index in [9.17, 15) is 13.2 Å². The highest BCUT2D eigenvalue weighted by Crippen LogP contribution is 2.24. The summed E-state index contributed by atoms with van der Waals surface area (Å²) in [5, 5.41) is 8.33. The molecule has 2 rings (SSSR count). The summed E-state index contributed by atoms with van der Waals surface area (Å²) in [5.74, 6) is 0.0766. The normalized spacial score (nSPS) is 12.8. The predicted molar refractivity (Wildman–Crippen MR) is 103 cm³/mol. The molecule has 26 heavy (non-hydrogen) atoms. The van der Waals surface area contributed by atoms with E-state index in [2.05, 4.69) is 19.2 Å². The molecule has 0 aliphatic carbocycles. The van der Waals surface area contributed by atoms with E-state index in [1.54, 1.807) is 19.9 Å². The van der Waals surface area contributed by atoms with Crippen LogP contribution in [0.4, 0.5) is 0 Å². The largest absolute Gasteiger partial charge is 0.345 e. The van der Waals surface area contributed by atoms with Crippen LogP contribution in [0.15, 0.2) is 47.4 Å². The van der Waals surface area contributed by atoms with Crippen LogP contribution in [0.3, 0.4) is 0 Å². The summed E-state index contributed by atoms with van der Waals surface area (Å²) < 4.78 is 23.6. The van der Waals surface area contributed by atoms with E-state index in [0.717, 1.165) is 12.0 Å². The highest BCUT2D eigenvalue weighted by Gasteiger charge is 2.20. The molecule has 1 amide bonds. The Labute approximate surface area is 155 Å². The predicted octanol–water partition coefficient (Wildman–Crippen LogP) is 3.47. The second kappa shape index (κ2) is 8.01. The van der Waals surface area contributed by atoms with E-state index in [1.165, 1.54) is 6.07 Å². The fourth-order valence-electron chi connectivity index (χ4n) is 2.93. The molecule has 5 nitrogen and oxygen atoms in total. The van der Waals surface area contributed by atoms with Crippen molar-refractivity contribution in [1.29, 1.82) is 0 Å². The smallest absolute Gasteiger partial charge is 0.251 e. The van der Waals surface area contributed by atoms with Gasteiger partial charge in [0.05, 0.1) is 10.9 Å². The zero-order valence-corrected chi connectivity index (χ0v) is 16.4. The van der Waals surface area contributed by atoms with Crippen molar-refractivity contribution < 1.29 is 13.2 Å². The number of sulfonamides is 1. The highest BCUT2D eigenvalue weighted by atomic mass is 32.2. The summed E-state index contributed by atoms with van der Waals surface area (Å²) in [5.41, 5.74) is 2.58. The lowest BCUT2D eigenvalue weighted by molar-refractivity contribution is 0.0931. The molecule has 0 aliphatic heterocycles. The van der Waals surface area contributed by atoms with Crippen molar-refractivity contribution in [2.45, 2.75) is 45.1 Å². The number of aryl methyl sites for hydroxylation is 1. The molecule has 0 heterocycles. The Hall–Kier alpha value is -2.18. The van der Waals surface area contributed by atoms with Crippen molar-refractivity contribution >= 4 is 15.9 Å². The molecule has 0 aromatic heterocycles. The van der Waals surface area contributed by atoms with E-state index >= 15 is 0 Å². The van der Waals surface area contributed by atoms with E-state index in [4.69, 9.17) is 5.14 Å². The maximum Gasteiger partial charge on any atom is 0.251 e. The third-order valence-corrected chi connectivity index (χ3v) is 5.44. The van der Waals surface area contributed by atoms with Gasteiger partial charge in [-0.25, -0.2) is 13.6 Å². The van der Waals surface area contributed by atoms with Gasteiger partial charge < -0.3 is 5.32 Å². The van der Waals surface area contributed by atoms with Gasteiger partial charge >= 0.3 is 0 Å². The van der Waals surface area contributed by atoms with Gasteiger partial charge in [0.1, 0.15) is 0 Å². The van der Waals surface area contributed by atoms with Crippen LogP contribution in [0.5, 0.6) is 0 Å². The maximum absolute atomic E-state index is 12.8. The molecule has 0 saturated carbocycles. The number of benzene rings is 2. The zero-order chi connectivity index (χ0) is 19.5. The number of hydrogen-bond acceptors (Lipinski definition) is 3. The number of rotatable bonds is 6. The van der Waals surface area contributed by atoms with Crippen LogP contribution in [0.1, 0.15) is 53.4 Å². The summed E-state index contributed by atoms with van der Waals surface area (Å²) in [6.07, 6.45) is 0.780. The van der Waals surface area contributed by atoms with Crippen molar-refractivity contribution in [3.63, 3.8) is 0 Å². The standard InChI is InChI=1S/C20H26N2O3S/c1-13(2)10-18(16-8-6-5-7-9-16)22-20(23)17-11-14(3)15(4)19(12-17)26(21,24)25/h5-9,11-13,18H,10H2,1-4H3,(H,22,23)(H2,21,24,25). The molecule has 0 spiro atoms. The number of nitrogens with one attached hydrogen (secondary N) is 1. The minimum atomic E-state index is -3.89. The molecule has 3 N–H and O–H groups in total. The molecule has 2 aromatic rings. The quantitative estimate of drug-likeness (QED) is 0.811. The van der Waals surface area contributed by atoms with E-state index in [-0.39, 0.29) is 16.8 Å². The summed E-state index contributed by atoms with van der Waals surface area (Å²) >= 11 is 0. The lowest BCUT2D eigenvalue weighted by Crippen LogP contribution is -2.30. The average Bonchev–Trinajstić information content (AvgIpc) is 2.55. The second-order valence-corrected chi connectivity index (χ2v) is 8.56. The Bertz CT molecular complexity index is 891. The van der Waals surface area contributed by atoms with Gasteiger partial charge in [-0.1, -0.05) is 44.2 Å². The second-order valence-electron chi connectivity index (χ2n) is 7.03. The Morgan fingerprint density at radius 3 is 2.27 bits per heavy atom. The van der Waals surface area contributed by atoms with E-state index in [1.807, 2.05) is 30.3 Å². The van der Waals surface area contributed by atoms with Gasteiger partial charge in [0.15, 0.2) is 0 Å². The Morgan fingerprint density at radius 1 is 1.12 bits per heavy atom. The van der Waals surface area contributed by atoms with Gasteiger partial charge in [0, 0.05) is 5.56 Å². The molecule has 0 bridgehead atoms. The summed E-state index contributed by atoms with van der Waals surface area (Å²) in [4.78, 5) is 12.8. The first-order chi connectivity index (χ1) is 12.1. The van der Waals surface area contributed by atoms with Crippen LogP contribution in [0.25, 0.3) is 0 Å². The molecule has 1 unspecified atom stereocenters. The van der Waals surface area contributed by atoms with Crippen LogP contribution >= 0.6 is 0 Å². The van der Waals surface area contributed by atoms with Crippen molar-refractivity contribution in [2.75, 3.05) is 0 Å². The number of amides is 1. The van der Waals surface area contributed by atoms with E-state index < -0.39 is 10.0 Å². The third kappa shape index (κ3) is 4.93. The van der Waals surface area contributed by atoms with Gasteiger partial charge in [0.2, 0.25) is 10.0 Å². The van der Waals surface area contributed by atoms with Crippen LogP contribution in [0, 0.1) is 19.8 Å². The number of carbonyl (C=O) groups excluding carboxylic acids is 1. The van der Waals surface area contributed by atoms with Crippen LogP contribution in [0.2, 0.25) is 0 Å². The fourth-order valence-corrected chi connectivity index (χ4v) is 3.81. The summed E-state index contributed by atoms with van der Waals surface area (Å²) in [7, 11) is -3.89. The minimum absolute atomic E-state index is 0.0113. The van der Waals surface area contributed by atoms with Crippen molar-refractivity contribution in [1.82, 2.24) is 5.32 Å². The number of carbonyl (C=O) groups is 1. The lowest BCUT2D eigenvalue weighted by Gasteiger charge is -2.22. The SMILES string of the molecule is Cc1cc(C(=O)NC(CC(C)C)c2ccccc2)cc(S(N)(=O)=O)c1C. The minimum Gasteiger partial charge on any atom is -0.345 e. The van der Waals surface area contributed by atoms with Crippen LogP contribution in [-0.4, -0.2) is 14.3 Å². The number of nitrogens with two attached hydrogens (primary N) is 1. The monoisotopic (exact) mass is 374 g/mol. The maximum atomic E-state index is 12.8. The molecule has 6 heteroatoms. The zero-order valence-electron chi connectivity index (χ0n) is 15.6. The Morgan fingerprint density at radius 2 is 1.73 bits per heavy atom. The van der Waals surface area contributed by atoms with Crippen molar-refractivity contribution in [3.05, 3.63) is 64.7 Å². The van der Waals surface area contributed by atoms with Gasteiger partial charge in [-0.3, -0.25) is 4.79 Å². The topological polar surface area (TPSA) is 89.3 Å². The van der Waals surface area contributed by atoms with Crippen molar-refractivity contribution in [3.8, 4) is 0 Å². The van der Waals surface area contributed by atoms with Crippen molar-refractivity contribution in [2.24, 2.45) is 11.1 Å². The molecule has 0 fully saturated rings. The summed E-state index contributed by atoms with van der Waals surface area (Å²) in [6, 6.07) is 12.6. The molecular weight excluding hydrogens is 348 g/mol. The van der Waals surface area contributed by atoms with Crippen LogP contribution in [-0.2, 0) is 10.0 Å². The van der Waals surface area contributed by atoms with E-state index in [0.29, 0.717) is 22.6 Å². The lowest BCUT2D eigenvalue weighted by atomic mass is 9.96. The molecule has 0 saturated heterocycles. The number of primary sulfonamides is 1. The molecular formula is C20H26N2O3S. The first-order valence-electron chi connectivity index (χ1n) is 8.59. The molecule has 0 radical (unpaired) electrons. The average molecular weight is 375 g/mol. The van der Waals surface area contributed by atoms with Gasteiger partial charge in [0.25, 0.3) is 5.91 Å². The van der Waals surface area contributed by atoms with Gasteiger partial charge in [-0.05, 0) is 55.0 Å². The molecule has 140 valence electrons. The molecule has 2 aromatic carbocycles. The van der Waals surface area contributed by atoms with Gasteiger partial charge in [-0.15, -0.1) is 0 Å².